The zero-order chi connectivity index (χ0) is 57.8. The van der Waals surface area contributed by atoms with Gasteiger partial charge >= 0.3 is 17.9 Å². The molecule has 0 aromatic carbocycles. The Labute approximate surface area is 492 Å². The van der Waals surface area contributed by atoms with Crippen LogP contribution in [0.1, 0.15) is 258 Å². The Balaban J connectivity index is 4.47. The average molecular weight is 1100 g/mol. The van der Waals surface area contributed by atoms with Crippen LogP contribution in [-0.4, -0.2) is 37.2 Å². The van der Waals surface area contributed by atoms with Gasteiger partial charge in [-0.15, -0.1) is 0 Å². The number of hydrogen-bond donors (Lipinski definition) is 0. The van der Waals surface area contributed by atoms with Gasteiger partial charge in [-0.2, -0.15) is 0 Å². The van der Waals surface area contributed by atoms with E-state index in [-0.39, 0.29) is 31.6 Å². The van der Waals surface area contributed by atoms with E-state index in [0.29, 0.717) is 12.8 Å². The van der Waals surface area contributed by atoms with Crippen LogP contribution in [-0.2, 0) is 28.6 Å². The molecule has 80 heavy (non-hydrogen) atoms. The minimum atomic E-state index is -0.839. The van der Waals surface area contributed by atoms with Gasteiger partial charge in [0.2, 0.25) is 0 Å². The van der Waals surface area contributed by atoms with Crippen LogP contribution >= 0.6 is 0 Å². The van der Waals surface area contributed by atoms with E-state index >= 15 is 0 Å². The summed E-state index contributed by atoms with van der Waals surface area (Å²) in [6.45, 7) is 6.30. The first-order valence-corrected chi connectivity index (χ1v) is 32.1. The minimum Gasteiger partial charge on any atom is -0.462 e. The molecule has 0 saturated carbocycles. The first kappa shape index (κ1) is 74.8. The van der Waals surface area contributed by atoms with Crippen molar-refractivity contribution in [3.8, 4) is 0 Å². The van der Waals surface area contributed by atoms with Gasteiger partial charge in [0.15, 0.2) is 6.10 Å². The molecule has 0 aliphatic rings. The number of allylic oxidation sites excluding steroid dienone is 27. The number of ether oxygens (including phenoxy) is 3. The van der Waals surface area contributed by atoms with Crippen molar-refractivity contribution in [3.63, 3.8) is 0 Å². The quantitative estimate of drug-likeness (QED) is 0.0261. The Hall–Kier alpha value is -5.23. The molecule has 6 heteroatoms. The van der Waals surface area contributed by atoms with Crippen molar-refractivity contribution < 1.29 is 28.6 Å². The molecule has 6 nitrogen and oxygen atoms in total. The van der Waals surface area contributed by atoms with Gasteiger partial charge < -0.3 is 14.2 Å². The molecule has 0 saturated heterocycles. The molecule has 0 N–H and O–H groups in total. The maximum Gasteiger partial charge on any atom is 0.309 e. The molecule has 0 aromatic heterocycles. The van der Waals surface area contributed by atoms with Gasteiger partial charge in [0.05, 0.1) is 6.42 Å². The maximum absolute atomic E-state index is 12.9. The summed E-state index contributed by atoms with van der Waals surface area (Å²) >= 11 is 0. The predicted octanol–water partition coefficient (Wildman–Crippen LogP) is 22.3. The number of carbonyl (C=O) groups is 3. The zero-order valence-electron chi connectivity index (χ0n) is 51.3. The van der Waals surface area contributed by atoms with E-state index < -0.39 is 12.1 Å². The largest absolute Gasteiger partial charge is 0.462 e. The molecule has 0 bridgehead atoms. The first-order chi connectivity index (χ1) is 39.5. The predicted molar refractivity (Wildman–Crippen MR) is 348 cm³/mol. The van der Waals surface area contributed by atoms with E-state index in [1.807, 2.05) is 6.08 Å². The second-order valence-corrected chi connectivity index (χ2v) is 20.6. The molecule has 0 fully saturated rings. The van der Waals surface area contributed by atoms with Crippen LogP contribution in [0.3, 0.4) is 0 Å². The highest BCUT2D eigenvalue weighted by atomic mass is 16.6. The monoisotopic (exact) mass is 1100 g/mol. The van der Waals surface area contributed by atoms with E-state index in [2.05, 4.69) is 179 Å². The van der Waals surface area contributed by atoms with Crippen LogP contribution in [0.5, 0.6) is 0 Å². The molecule has 0 heterocycles. The molecule has 1 unspecified atom stereocenters. The molecular weight excluding hydrogens is 985 g/mol. The maximum atomic E-state index is 12.9. The Morgan fingerprint density at radius 2 is 0.537 bits per heavy atom. The van der Waals surface area contributed by atoms with E-state index in [9.17, 15) is 14.4 Å². The Morgan fingerprint density at radius 1 is 0.275 bits per heavy atom. The van der Waals surface area contributed by atoms with E-state index in [4.69, 9.17) is 14.2 Å². The number of unbranched alkanes of at least 4 members (excludes halogenated alkanes) is 18. The van der Waals surface area contributed by atoms with Gasteiger partial charge in [-0.05, 0) is 116 Å². The molecular formula is C74H116O6. The second kappa shape index (κ2) is 66.3. The van der Waals surface area contributed by atoms with Gasteiger partial charge in [0, 0.05) is 12.8 Å². The van der Waals surface area contributed by atoms with Gasteiger partial charge in [0.1, 0.15) is 13.2 Å². The Bertz CT molecular complexity index is 1840. The fourth-order valence-electron chi connectivity index (χ4n) is 8.27. The molecule has 448 valence electrons. The second-order valence-electron chi connectivity index (χ2n) is 20.6. The van der Waals surface area contributed by atoms with Crippen molar-refractivity contribution in [1.82, 2.24) is 0 Å². The number of carbonyl (C=O) groups excluding carboxylic acids is 3. The topological polar surface area (TPSA) is 78.9 Å². The Morgan fingerprint density at radius 3 is 0.875 bits per heavy atom. The highest BCUT2D eigenvalue weighted by Crippen LogP contribution is 2.15. The lowest BCUT2D eigenvalue weighted by atomic mass is 10.0. The van der Waals surface area contributed by atoms with Crippen LogP contribution in [0.4, 0.5) is 0 Å². The molecule has 0 rings (SSSR count). The van der Waals surface area contributed by atoms with Crippen molar-refractivity contribution in [1.29, 1.82) is 0 Å². The Kier molecular flexibility index (Phi) is 61.9. The normalized spacial score (nSPS) is 13.3. The number of esters is 3. The third kappa shape index (κ3) is 63.6. The van der Waals surface area contributed by atoms with Crippen LogP contribution in [0.25, 0.3) is 0 Å². The van der Waals surface area contributed by atoms with Crippen molar-refractivity contribution in [2.45, 2.75) is 264 Å². The summed E-state index contributed by atoms with van der Waals surface area (Å²) in [6, 6.07) is 0. The lowest BCUT2D eigenvalue weighted by Crippen LogP contribution is -2.30. The average Bonchev–Trinajstić information content (AvgIpc) is 3.46. The van der Waals surface area contributed by atoms with E-state index in [1.54, 1.807) is 6.08 Å². The third-order valence-corrected chi connectivity index (χ3v) is 13.0. The van der Waals surface area contributed by atoms with Crippen LogP contribution in [0, 0.1) is 0 Å². The van der Waals surface area contributed by atoms with Crippen LogP contribution in [0.2, 0.25) is 0 Å². The smallest absolute Gasteiger partial charge is 0.309 e. The minimum absolute atomic E-state index is 0.115. The standard InChI is InChI=1S/C74H116O6/c1-4-7-10-13-16-19-22-25-28-30-31-32-33-34-35-36-37-38-39-40-41-42-43-44-47-49-52-55-58-61-64-67-73(76)79-70-71(69-78-72(75)66-63-60-57-54-51-48-45-27-24-21-18-15-12-9-6-3)80-74(77)68-65-62-59-56-53-50-46-29-26-23-20-17-14-11-8-5-2/h7,9-10,12,16,18-19,21,25,27-28,31-32,34-35,37-38,40-41,43-45,49,51-52,54,60,63,71H,4-6,8,11,13-15,17,20,22-24,26,29-30,33,36,39,42,46-48,50,53,55-59,61-62,64-70H2,1-3H3/b10-7-,12-9-,19-16-,21-18-,28-25-,32-31-,35-34-,38-37-,41-40-,44-43-,45-27-,52-49-,54-51-,63-60-. The lowest BCUT2D eigenvalue weighted by Gasteiger charge is -2.18. The number of hydrogen-bond acceptors (Lipinski definition) is 6. The fraction of sp³-hybridized carbons (Fsp3) is 0.581. The number of rotatable bonds is 56. The van der Waals surface area contributed by atoms with Crippen LogP contribution in [0.15, 0.2) is 170 Å². The summed E-state index contributed by atoms with van der Waals surface area (Å²) in [5.41, 5.74) is 0. The highest BCUT2D eigenvalue weighted by Gasteiger charge is 2.19. The molecule has 0 amide bonds. The zero-order valence-corrected chi connectivity index (χ0v) is 51.3. The van der Waals surface area contributed by atoms with Crippen molar-refractivity contribution in [2.75, 3.05) is 13.2 Å². The third-order valence-electron chi connectivity index (χ3n) is 13.0. The van der Waals surface area contributed by atoms with Gasteiger partial charge in [-0.3, -0.25) is 14.4 Å². The van der Waals surface area contributed by atoms with Crippen LogP contribution < -0.4 is 0 Å². The summed E-state index contributed by atoms with van der Waals surface area (Å²) in [4.78, 5) is 38.2. The molecule has 0 aliphatic carbocycles. The molecule has 0 spiro atoms. The van der Waals surface area contributed by atoms with Gasteiger partial charge in [-0.25, -0.2) is 0 Å². The highest BCUT2D eigenvalue weighted by molar-refractivity contribution is 5.72. The summed E-state index contributed by atoms with van der Waals surface area (Å²) < 4.78 is 16.8. The summed E-state index contributed by atoms with van der Waals surface area (Å²) in [7, 11) is 0. The molecule has 0 radical (unpaired) electrons. The molecule has 0 aliphatic heterocycles. The summed E-state index contributed by atoms with van der Waals surface area (Å²) in [5.74, 6) is -1.10. The van der Waals surface area contributed by atoms with Gasteiger partial charge in [0.25, 0.3) is 0 Å². The fourth-order valence-corrected chi connectivity index (χ4v) is 8.27. The van der Waals surface area contributed by atoms with Crippen molar-refractivity contribution in [3.05, 3.63) is 170 Å². The summed E-state index contributed by atoms with van der Waals surface area (Å²) in [5, 5.41) is 0. The van der Waals surface area contributed by atoms with E-state index in [0.717, 1.165) is 135 Å². The molecule has 1 atom stereocenters. The first-order valence-electron chi connectivity index (χ1n) is 32.1. The van der Waals surface area contributed by atoms with Crippen molar-refractivity contribution in [2.24, 2.45) is 0 Å². The van der Waals surface area contributed by atoms with Crippen molar-refractivity contribution >= 4 is 17.9 Å². The van der Waals surface area contributed by atoms with Gasteiger partial charge in [-0.1, -0.05) is 294 Å². The molecule has 0 aromatic rings. The SMILES string of the molecule is CC/C=C\C/C=C\C/C=C\C/C=C\C/C=C\C/C=C\C/C=C\C/C=C\C/C=C\CCCCCC(=O)OCC(COC(=O)C/C=C\C/C=C\C/C=C\C/C=C\C/C=C\CC)OC(=O)CCCCCCCCCCCCCCCCCC. The van der Waals surface area contributed by atoms with E-state index in [1.165, 1.54) is 83.5 Å². The summed E-state index contributed by atoms with van der Waals surface area (Å²) in [6.07, 6.45) is 98.1. The lowest BCUT2D eigenvalue weighted by molar-refractivity contribution is -0.166.